The van der Waals surface area contributed by atoms with Crippen molar-refractivity contribution in [2.45, 2.75) is 32.1 Å². The highest BCUT2D eigenvalue weighted by Gasteiger charge is 2.31. The third-order valence-corrected chi connectivity index (χ3v) is 7.26. The van der Waals surface area contributed by atoms with E-state index in [1.807, 2.05) is 31.2 Å². The molecule has 0 saturated carbocycles. The average Bonchev–Trinajstić information content (AvgIpc) is 2.67. The molecule has 0 bridgehead atoms. The Labute approximate surface area is 171 Å². The summed E-state index contributed by atoms with van der Waals surface area (Å²) in [7, 11) is -3.42. The molecule has 1 amide bonds. The van der Waals surface area contributed by atoms with Crippen molar-refractivity contribution in [1.29, 1.82) is 0 Å². The van der Waals surface area contributed by atoms with Gasteiger partial charge in [-0.1, -0.05) is 48.0 Å². The number of piperidine rings is 1. The van der Waals surface area contributed by atoms with Gasteiger partial charge in [-0.3, -0.25) is 4.79 Å². The Morgan fingerprint density at radius 1 is 1.14 bits per heavy atom. The number of halogens is 1. The summed E-state index contributed by atoms with van der Waals surface area (Å²) < 4.78 is 26.8. The minimum atomic E-state index is -3.42. The van der Waals surface area contributed by atoms with Gasteiger partial charge >= 0.3 is 0 Å². The van der Waals surface area contributed by atoms with Gasteiger partial charge in [0.2, 0.25) is 15.9 Å². The number of nitrogens with zero attached hydrogens (tertiary/aromatic N) is 1. The van der Waals surface area contributed by atoms with Crippen LogP contribution in [-0.2, 0) is 27.1 Å². The van der Waals surface area contributed by atoms with Gasteiger partial charge in [0.15, 0.2) is 0 Å². The van der Waals surface area contributed by atoms with Crippen LogP contribution in [0.1, 0.15) is 29.5 Å². The monoisotopic (exact) mass is 420 g/mol. The fourth-order valence-electron chi connectivity index (χ4n) is 3.46. The highest BCUT2D eigenvalue weighted by atomic mass is 35.5. The number of rotatable bonds is 6. The second-order valence-electron chi connectivity index (χ2n) is 7.20. The molecule has 1 aliphatic rings. The van der Waals surface area contributed by atoms with Gasteiger partial charge in [-0.25, -0.2) is 12.7 Å². The maximum atomic E-state index is 12.7. The fraction of sp³-hybridized carbons (Fsp3) is 0.381. The molecule has 1 fully saturated rings. The number of aryl methyl sites for hydroxylation is 1. The minimum Gasteiger partial charge on any atom is -0.352 e. The van der Waals surface area contributed by atoms with Crippen LogP contribution in [-0.4, -0.2) is 31.7 Å². The van der Waals surface area contributed by atoms with Gasteiger partial charge in [0.25, 0.3) is 0 Å². The topological polar surface area (TPSA) is 66.5 Å². The first-order chi connectivity index (χ1) is 13.3. The van der Waals surface area contributed by atoms with E-state index >= 15 is 0 Å². The van der Waals surface area contributed by atoms with E-state index in [4.69, 9.17) is 11.6 Å². The summed E-state index contributed by atoms with van der Waals surface area (Å²) in [5.41, 5.74) is 2.91. The van der Waals surface area contributed by atoms with E-state index < -0.39 is 10.0 Å². The van der Waals surface area contributed by atoms with Gasteiger partial charge in [-0.2, -0.15) is 0 Å². The Balaban J connectivity index is 1.52. The van der Waals surface area contributed by atoms with Crippen LogP contribution in [0.4, 0.5) is 0 Å². The van der Waals surface area contributed by atoms with Crippen molar-refractivity contribution in [3.05, 3.63) is 70.2 Å². The third-order valence-electron chi connectivity index (χ3n) is 5.17. The molecule has 1 saturated heterocycles. The Bertz CT molecular complexity index is 938. The van der Waals surface area contributed by atoms with Crippen LogP contribution in [0.3, 0.4) is 0 Å². The van der Waals surface area contributed by atoms with Gasteiger partial charge in [0.1, 0.15) is 0 Å². The Morgan fingerprint density at radius 3 is 2.54 bits per heavy atom. The highest BCUT2D eigenvalue weighted by Crippen LogP contribution is 2.23. The van der Waals surface area contributed by atoms with Gasteiger partial charge < -0.3 is 5.32 Å². The molecule has 1 aliphatic heterocycles. The van der Waals surface area contributed by atoms with Crippen LogP contribution >= 0.6 is 11.6 Å². The number of sulfonamides is 1. The number of carbonyl (C=O) groups excluding carboxylic acids is 1. The smallest absolute Gasteiger partial charge is 0.223 e. The number of carbonyl (C=O) groups is 1. The predicted molar refractivity (Wildman–Crippen MR) is 111 cm³/mol. The van der Waals surface area contributed by atoms with Crippen LogP contribution in [0, 0.1) is 12.8 Å². The summed E-state index contributed by atoms with van der Waals surface area (Å²) in [5.74, 6) is -0.227. The van der Waals surface area contributed by atoms with Crippen LogP contribution < -0.4 is 5.32 Å². The van der Waals surface area contributed by atoms with Crippen LogP contribution in [0.15, 0.2) is 48.5 Å². The Morgan fingerprint density at radius 2 is 1.86 bits per heavy atom. The molecule has 0 aromatic heterocycles. The zero-order valence-electron chi connectivity index (χ0n) is 15.9. The minimum absolute atomic E-state index is 0.00450. The second-order valence-corrected chi connectivity index (χ2v) is 9.61. The average molecular weight is 421 g/mol. The molecule has 0 unspecified atom stereocenters. The molecule has 0 radical (unpaired) electrons. The number of nitrogens with one attached hydrogen (secondary N) is 1. The van der Waals surface area contributed by atoms with Crippen LogP contribution in [0.2, 0.25) is 5.02 Å². The molecular weight excluding hydrogens is 396 g/mol. The standard InChI is InChI=1S/C21H25ClN2O3S/c1-16-5-2-3-7-19(16)14-23-21(25)18-9-11-24(12-10-18)28(26,27)15-17-6-4-8-20(22)13-17/h2-8,13,18H,9-12,14-15H2,1H3,(H,23,25). The van der Waals surface area contributed by atoms with Gasteiger partial charge in [0.05, 0.1) is 5.75 Å². The molecule has 1 N–H and O–H groups in total. The first-order valence-corrected chi connectivity index (χ1v) is 11.4. The number of amides is 1. The summed E-state index contributed by atoms with van der Waals surface area (Å²) in [6.45, 7) is 3.25. The van der Waals surface area contributed by atoms with Crippen molar-refractivity contribution in [2.24, 2.45) is 5.92 Å². The maximum absolute atomic E-state index is 12.7. The van der Waals surface area contributed by atoms with Crippen molar-refractivity contribution in [1.82, 2.24) is 9.62 Å². The lowest BCUT2D eigenvalue weighted by molar-refractivity contribution is -0.126. The second kappa shape index (κ2) is 9.07. The quantitative estimate of drug-likeness (QED) is 0.777. The molecule has 3 rings (SSSR count). The van der Waals surface area contributed by atoms with Gasteiger partial charge in [-0.05, 0) is 48.6 Å². The van der Waals surface area contributed by atoms with Crippen LogP contribution in [0.25, 0.3) is 0 Å². The van der Waals surface area contributed by atoms with E-state index in [0.29, 0.717) is 43.1 Å². The fourth-order valence-corrected chi connectivity index (χ4v) is 5.22. The van der Waals surface area contributed by atoms with Crippen molar-refractivity contribution < 1.29 is 13.2 Å². The molecule has 1 heterocycles. The largest absolute Gasteiger partial charge is 0.352 e. The molecule has 28 heavy (non-hydrogen) atoms. The molecule has 5 nitrogen and oxygen atoms in total. The van der Waals surface area contributed by atoms with E-state index in [2.05, 4.69) is 5.32 Å². The zero-order valence-corrected chi connectivity index (χ0v) is 17.5. The molecule has 0 spiro atoms. The molecule has 2 aromatic rings. The van der Waals surface area contributed by atoms with Crippen molar-refractivity contribution in [3.63, 3.8) is 0 Å². The molecular formula is C21H25ClN2O3S. The molecule has 0 atom stereocenters. The molecule has 7 heteroatoms. The molecule has 150 valence electrons. The summed E-state index contributed by atoms with van der Waals surface area (Å²) in [6, 6.07) is 14.8. The Kier molecular flexibility index (Phi) is 6.75. The van der Waals surface area contributed by atoms with E-state index in [1.165, 1.54) is 4.31 Å². The van der Waals surface area contributed by atoms with E-state index in [9.17, 15) is 13.2 Å². The van der Waals surface area contributed by atoms with Crippen molar-refractivity contribution >= 4 is 27.5 Å². The van der Waals surface area contributed by atoms with Crippen LogP contribution in [0.5, 0.6) is 0 Å². The summed E-state index contributed by atoms with van der Waals surface area (Å²) in [5, 5.41) is 3.51. The molecule has 2 aromatic carbocycles. The number of hydrogen-bond donors (Lipinski definition) is 1. The van der Waals surface area contributed by atoms with Gasteiger partial charge in [0, 0.05) is 30.6 Å². The lowest BCUT2D eigenvalue weighted by atomic mass is 9.97. The lowest BCUT2D eigenvalue weighted by Gasteiger charge is -2.30. The first-order valence-electron chi connectivity index (χ1n) is 9.39. The zero-order chi connectivity index (χ0) is 20.1. The normalized spacial score (nSPS) is 16.1. The van der Waals surface area contributed by atoms with E-state index in [-0.39, 0.29) is 17.6 Å². The van der Waals surface area contributed by atoms with Crippen molar-refractivity contribution in [3.8, 4) is 0 Å². The van der Waals surface area contributed by atoms with E-state index in [1.54, 1.807) is 24.3 Å². The summed E-state index contributed by atoms with van der Waals surface area (Å²) >= 11 is 5.94. The van der Waals surface area contributed by atoms with E-state index in [0.717, 1.165) is 11.1 Å². The SMILES string of the molecule is Cc1ccccc1CNC(=O)C1CCN(S(=O)(=O)Cc2cccc(Cl)c2)CC1. The summed E-state index contributed by atoms with van der Waals surface area (Å²) in [4.78, 5) is 12.5. The Hall–Kier alpha value is -1.89. The number of benzene rings is 2. The molecule has 0 aliphatic carbocycles. The summed E-state index contributed by atoms with van der Waals surface area (Å²) in [6.07, 6.45) is 1.07. The van der Waals surface area contributed by atoms with Gasteiger partial charge in [-0.15, -0.1) is 0 Å². The first kappa shape index (κ1) is 20.8. The highest BCUT2D eigenvalue weighted by molar-refractivity contribution is 7.88. The van der Waals surface area contributed by atoms with Crippen molar-refractivity contribution in [2.75, 3.05) is 13.1 Å². The maximum Gasteiger partial charge on any atom is 0.223 e. The third kappa shape index (κ3) is 5.34. The number of hydrogen-bond acceptors (Lipinski definition) is 3. The predicted octanol–water partition coefficient (Wildman–Crippen LogP) is 3.51. The lowest BCUT2D eigenvalue weighted by Crippen LogP contribution is -2.43.